The first kappa shape index (κ1) is 32.5. The summed E-state index contributed by atoms with van der Waals surface area (Å²) in [6, 6.07) is 66.5. The number of hydrogen-bond acceptors (Lipinski definition) is 5. The van der Waals surface area contributed by atoms with Gasteiger partial charge in [-0.3, -0.25) is 0 Å². The summed E-state index contributed by atoms with van der Waals surface area (Å²) in [5.74, 6) is 0. The van der Waals surface area contributed by atoms with Gasteiger partial charge in [-0.2, -0.15) is 0 Å². The summed E-state index contributed by atoms with van der Waals surface area (Å²) in [7, 11) is 0. The molecular weight excluding hydrogens is 743 g/mol. The minimum Gasteiger partial charge on any atom is -0.456 e. The van der Waals surface area contributed by atoms with E-state index in [0.717, 1.165) is 99.7 Å². The molecule has 4 nitrogen and oxygen atoms in total. The molecule has 4 aromatic heterocycles. The van der Waals surface area contributed by atoms with Gasteiger partial charge >= 0.3 is 0 Å². The molecule has 0 amide bonds. The molecule has 0 aliphatic rings. The first-order chi connectivity index (χ1) is 29.2. The summed E-state index contributed by atoms with van der Waals surface area (Å²) < 4.78 is 22.0. The van der Waals surface area contributed by atoms with Gasteiger partial charge in [0.25, 0.3) is 0 Å². The lowest BCUT2D eigenvalue weighted by molar-refractivity contribution is 0.668. The van der Waals surface area contributed by atoms with Crippen LogP contribution in [-0.4, -0.2) is 0 Å². The van der Waals surface area contributed by atoms with Gasteiger partial charge in [0.1, 0.15) is 27.9 Å². The second-order valence-electron chi connectivity index (χ2n) is 15.2. The van der Waals surface area contributed by atoms with Gasteiger partial charge in [0.05, 0.1) is 5.69 Å². The maximum absolute atomic E-state index is 6.68. The summed E-state index contributed by atoms with van der Waals surface area (Å²) >= 11 is 1.84. The number of benzene rings is 9. The van der Waals surface area contributed by atoms with E-state index in [1.54, 1.807) is 0 Å². The van der Waals surface area contributed by atoms with Crippen molar-refractivity contribution in [3.63, 3.8) is 0 Å². The van der Waals surface area contributed by atoms with Gasteiger partial charge in [0.2, 0.25) is 0 Å². The van der Waals surface area contributed by atoms with Crippen LogP contribution in [0.2, 0.25) is 0 Å². The fourth-order valence-electron chi connectivity index (χ4n) is 9.18. The van der Waals surface area contributed by atoms with Crippen LogP contribution in [0.3, 0.4) is 0 Å². The monoisotopic (exact) mass is 773 g/mol. The Bertz CT molecular complexity index is 3810. The van der Waals surface area contributed by atoms with Crippen molar-refractivity contribution in [1.82, 2.24) is 0 Å². The van der Waals surface area contributed by atoms with E-state index in [1.807, 2.05) is 35.6 Å². The third kappa shape index (κ3) is 4.89. The largest absolute Gasteiger partial charge is 0.456 e. The SMILES string of the molecule is c1cc(-c2cccc3oc4ccc5c6ccccc6sc5c4c23)cc(N(c2ccc(-c3ccc4c(c3)oc3ccccc34)cc2)c2cccc3c2oc2ccccc23)c1. The fourth-order valence-corrected chi connectivity index (χ4v) is 10.4. The minimum atomic E-state index is 0.841. The van der Waals surface area contributed by atoms with Crippen LogP contribution in [-0.2, 0) is 0 Å². The van der Waals surface area contributed by atoms with Crippen molar-refractivity contribution in [2.24, 2.45) is 0 Å². The number of fused-ring (bicyclic) bond motifs is 13. The highest BCUT2D eigenvalue weighted by atomic mass is 32.1. The van der Waals surface area contributed by atoms with Gasteiger partial charge in [-0.1, -0.05) is 109 Å². The Kier molecular flexibility index (Phi) is 6.85. The van der Waals surface area contributed by atoms with E-state index in [1.165, 1.54) is 25.6 Å². The highest BCUT2D eigenvalue weighted by Gasteiger charge is 2.22. The van der Waals surface area contributed by atoms with Gasteiger partial charge in [0, 0.05) is 63.9 Å². The molecule has 0 unspecified atom stereocenters. The third-order valence-electron chi connectivity index (χ3n) is 11.9. The van der Waals surface area contributed by atoms with Crippen LogP contribution < -0.4 is 4.90 Å². The van der Waals surface area contributed by atoms with Crippen molar-refractivity contribution >= 4 is 114 Å². The van der Waals surface area contributed by atoms with Crippen LogP contribution in [0.5, 0.6) is 0 Å². The molecule has 59 heavy (non-hydrogen) atoms. The van der Waals surface area contributed by atoms with Gasteiger partial charge in [0.15, 0.2) is 5.58 Å². The number of furan rings is 3. The van der Waals surface area contributed by atoms with Gasteiger partial charge in [-0.05, 0) is 101 Å². The van der Waals surface area contributed by atoms with Crippen LogP contribution in [0.1, 0.15) is 0 Å². The average molecular weight is 774 g/mol. The fraction of sp³-hybridized carbons (Fsp3) is 0. The third-order valence-corrected chi connectivity index (χ3v) is 13.1. The Labute approximate surface area is 341 Å². The Balaban J connectivity index is 0.992. The van der Waals surface area contributed by atoms with Crippen molar-refractivity contribution in [3.05, 3.63) is 188 Å². The minimum absolute atomic E-state index is 0.841. The van der Waals surface area contributed by atoms with E-state index in [-0.39, 0.29) is 0 Å². The topological polar surface area (TPSA) is 42.7 Å². The quantitative estimate of drug-likeness (QED) is 0.175. The second kappa shape index (κ2) is 12.4. The molecule has 0 aliphatic carbocycles. The highest BCUT2D eigenvalue weighted by molar-refractivity contribution is 7.26. The molecule has 0 saturated heterocycles. The summed E-state index contributed by atoms with van der Waals surface area (Å²) in [4.78, 5) is 2.32. The molecule has 0 radical (unpaired) electrons. The summed E-state index contributed by atoms with van der Waals surface area (Å²) in [5, 5.41) is 9.27. The zero-order chi connectivity index (χ0) is 38.6. The molecule has 5 heteroatoms. The van der Waals surface area contributed by atoms with E-state index >= 15 is 0 Å². The predicted octanol–water partition coefficient (Wildman–Crippen LogP) is 16.6. The number of thiophene rings is 1. The van der Waals surface area contributed by atoms with Crippen LogP contribution in [0.15, 0.2) is 201 Å². The lowest BCUT2D eigenvalue weighted by Crippen LogP contribution is -2.10. The molecule has 9 aromatic carbocycles. The number of anilines is 3. The summed E-state index contributed by atoms with van der Waals surface area (Å²) in [6.07, 6.45) is 0. The molecule has 4 heterocycles. The van der Waals surface area contributed by atoms with Gasteiger partial charge in [-0.25, -0.2) is 0 Å². The molecule has 13 aromatic rings. The standard InChI is InChI=1S/C54H31NO3S/c1-4-18-45-38(12-1)40-27-24-33(31-49(40)56-45)32-22-25-35(26-23-32)55(44-17-8-16-42-39-13-2-5-19-46(39)58-53(42)44)36-11-7-10-34(30-36)37-15-9-20-47-51(37)52-48(57-47)29-28-43-41-14-3-6-21-50(41)59-54(43)52/h1-31H. The van der Waals surface area contributed by atoms with Crippen LogP contribution in [0.4, 0.5) is 17.1 Å². The number of para-hydroxylation sites is 3. The Hall–Kier alpha value is -7.60. The highest BCUT2D eigenvalue weighted by Crippen LogP contribution is 2.47. The predicted molar refractivity (Wildman–Crippen MR) is 247 cm³/mol. The zero-order valence-electron chi connectivity index (χ0n) is 31.5. The normalized spacial score (nSPS) is 12.1. The molecule has 0 spiro atoms. The molecular formula is C54H31NO3S. The molecule has 0 N–H and O–H groups in total. The van der Waals surface area contributed by atoms with Crippen LogP contribution in [0.25, 0.3) is 108 Å². The smallest absolute Gasteiger partial charge is 0.159 e. The molecule has 0 atom stereocenters. The van der Waals surface area contributed by atoms with Crippen LogP contribution in [0, 0.1) is 0 Å². The van der Waals surface area contributed by atoms with Gasteiger partial charge in [-0.15, -0.1) is 11.3 Å². The van der Waals surface area contributed by atoms with E-state index < -0.39 is 0 Å². The van der Waals surface area contributed by atoms with E-state index in [0.29, 0.717) is 0 Å². The summed E-state index contributed by atoms with van der Waals surface area (Å²) in [5.41, 5.74) is 12.7. The van der Waals surface area contributed by atoms with Crippen molar-refractivity contribution in [1.29, 1.82) is 0 Å². The Morgan fingerprint density at radius 2 is 1.00 bits per heavy atom. The molecule has 0 fully saturated rings. The van der Waals surface area contributed by atoms with Crippen molar-refractivity contribution < 1.29 is 13.3 Å². The van der Waals surface area contributed by atoms with Crippen molar-refractivity contribution in [2.75, 3.05) is 4.90 Å². The number of nitrogens with zero attached hydrogens (tertiary/aromatic N) is 1. The van der Waals surface area contributed by atoms with Crippen molar-refractivity contribution in [3.8, 4) is 22.3 Å². The van der Waals surface area contributed by atoms with E-state index in [2.05, 4.69) is 169 Å². The molecule has 0 bridgehead atoms. The number of hydrogen-bond donors (Lipinski definition) is 0. The first-order valence-corrected chi connectivity index (χ1v) is 20.6. The lowest BCUT2D eigenvalue weighted by atomic mass is 9.98. The van der Waals surface area contributed by atoms with Crippen molar-refractivity contribution in [2.45, 2.75) is 0 Å². The first-order valence-electron chi connectivity index (χ1n) is 19.8. The molecule has 0 saturated carbocycles. The molecule has 13 rings (SSSR count). The van der Waals surface area contributed by atoms with Crippen LogP contribution >= 0.6 is 11.3 Å². The van der Waals surface area contributed by atoms with Gasteiger partial charge < -0.3 is 18.2 Å². The van der Waals surface area contributed by atoms with E-state index in [4.69, 9.17) is 13.3 Å². The summed E-state index contributed by atoms with van der Waals surface area (Å²) in [6.45, 7) is 0. The zero-order valence-corrected chi connectivity index (χ0v) is 32.3. The maximum atomic E-state index is 6.68. The maximum Gasteiger partial charge on any atom is 0.159 e. The molecule has 0 aliphatic heterocycles. The Morgan fingerprint density at radius 3 is 1.88 bits per heavy atom. The molecule has 276 valence electrons. The lowest BCUT2D eigenvalue weighted by Gasteiger charge is -2.26. The second-order valence-corrected chi connectivity index (χ2v) is 16.2. The Morgan fingerprint density at radius 1 is 0.356 bits per heavy atom. The average Bonchev–Trinajstić information content (AvgIpc) is 4.06. The van der Waals surface area contributed by atoms with E-state index in [9.17, 15) is 0 Å². The number of rotatable bonds is 5.